The molecule has 0 aliphatic carbocycles. The maximum atomic E-state index is 10.2. The van der Waals surface area contributed by atoms with Crippen molar-refractivity contribution in [2.75, 3.05) is 12.5 Å². The van der Waals surface area contributed by atoms with Crippen molar-refractivity contribution in [1.82, 2.24) is 0 Å². The van der Waals surface area contributed by atoms with Crippen molar-refractivity contribution in [3.8, 4) is 11.5 Å². The molecule has 102 valence electrons. The van der Waals surface area contributed by atoms with E-state index in [1.165, 1.54) is 0 Å². The van der Waals surface area contributed by atoms with Crippen molar-refractivity contribution < 1.29 is 14.9 Å². The van der Waals surface area contributed by atoms with E-state index in [2.05, 4.69) is 0 Å². The minimum Gasteiger partial charge on any atom is -0.507 e. The predicted molar refractivity (Wildman–Crippen MR) is 73.6 cm³/mol. The topological polar surface area (TPSA) is 49.7 Å². The Morgan fingerprint density at radius 1 is 1.39 bits per heavy atom. The van der Waals surface area contributed by atoms with Gasteiger partial charge in [-0.25, -0.2) is 0 Å². The van der Waals surface area contributed by atoms with Crippen molar-refractivity contribution >= 4 is 11.6 Å². The summed E-state index contributed by atoms with van der Waals surface area (Å²) in [5.41, 5.74) is 1.31. The molecule has 0 saturated heterocycles. The molecule has 1 aromatic carbocycles. The zero-order valence-electron chi connectivity index (χ0n) is 10.9. The Morgan fingerprint density at radius 2 is 2.11 bits per heavy atom. The molecule has 1 unspecified atom stereocenters. The van der Waals surface area contributed by atoms with E-state index >= 15 is 0 Å². The van der Waals surface area contributed by atoms with Crippen LogP contribution in [0.4, 0.5) is 0 Å². The van der Waals surface area contributed by atoms with E-state index in [4.69, 9.17) is 16.3 Å². The van der Waals surface area contributed by atoms with Crippen LogP contribution in [-0.2, 0) is 6.42 Å². The van der Waals surface area contributed by atoms with Gasteiger partial charge in [0.15, 0.2) is 0 Å². The largest absolute Gasteiger partial charge is 0.507 e. The van der Waals surface area contributed by atoms with E-state index in [9.17, 15) is 10.2 Å². The molecular formula is C14H21ClO3. The summed E-state index contributed by atoms with van der Waals surface area (Å²) in [6.45, 7) is 4.21. The van der Waals surface area contributed by atoms with Gasteiger partial charge in [0.25, 0.3) is 0 Å². The third-order valence-corrected chi connectivity index (χ3v) is 3.02. The molecule has 2 N–H and O–H groups in total. The summed E-state index contributed by atoms with van der Waals surface area (Å²) >= 11 is 5.60. The van der Waals surface area contributed by atoms with Crippen LogP contribution in [0.3, 0.4) is 0 Å². The van der Waals surface area contributed by atoms with E-state index in [1.807, 2.05) is 6.92 Å². The zero-order valence-corrected chi connectivity index (χ0v) is 11.7. The molecule has 18 heavy (non-hydrogen) atoms. The van der Waals surface area contributed by atoms with Crippen LogP contribution in [0.15, 0.2) is 12.1 Å². The molecular weight excluding hydrogens is 252 g/mol. The maximum absolute atomic E-state index is 10.2. The Balaban J connectivity index is 2.99. The van der Waals surface area contributed by atoms with Crippen molar-refractivity contribution in [3.63, 3.8) is 0 Å². The van der Waals surface area contributed by atoms with Crippen molar-refractivity contribution in [1.29, 1.82) is 0 Å². The number of benzene rings is 1. The summed E-state index contributed by atoms with van der Waals surface area (Å²) in [4.78, 5) is 0. The Bertz CT molecular complexity index is 378. The number of halogens is 1. The standard InChI is InChI=1S/C14H21ClO3/c1-3-5-12-13(18-9-4-8-15)7-6-11(10(2)16)14(12)17/h6-7,10,16-17H,3-5,8-9H2,1-2H3. The van der Waals surface area contributed by atoms with Crippen LogP contribution in [0.1, 0.15) is 43.9 Å². The average molecular weight is 273 g/mol. The Labute approximate surface area is 113 Å². The molecule has 0 heterocycles. The Hall–Kier alpha value is -0.930. The van der Waals surface area contributed by atoms with Gasteiger partial charge in [0, 0.05) is 17.0 Å². The highest BCUT2D eigenvalue weighted by molar-refractivity contribution is 6.17. The lowest BCUT2D eigenvalue weighted by Gasteiger charge is -2.16. The van der Waals surface area contributed by atoms with Crippen molar-refractivity contribution in [2.24, 2.45) is 0 Å². The first-order valence-corrected chi connectivity index (χ1v) is 6.86. The zero-order chi connectivity index (χ0) is 13.5. The maximum Gasteiger partial charge on any atom is 0.128 e. The monoisotopic (exact) mass is 272 g/mol. The van der Waals surface area contributed by atoms with Crippen LogP contribution < -0.4 is 4.74 Å². The summed E-state index contributed by atoms with van der Waals surface area (Å²) in [5.74, 6) is 1.39. The van der Waals surface area contributed by atoms with E-state index in [0.717, 1.165) is 24.8 Å². The van der Waals surface area contributed by atoms with Crippen LogP contribution >= 0.6 is 11.6 Å². The fourth-order valence-corrected chi connectivity index (χ4v) is 1.95. The third-order valence-electron chi connectivity index (χ3n) is 2.76. The van der Waals surface area contributed by atoms with Gasteiger partial charge in [-0.3, -0.25) is 0 Å². The Kier molecular flexibility index (Phi) is 6.30. The van der Waals surface area contributed by atoms with Crippen molar-refractivity contribution in [2.45, 2.75) is 39.2 Å². The lowest BCUT2D eigenvalue weighted by Crippen LogP contribution is -2.03. The lowest BCUT2D eigenvalue weighted by atomic mass is 10.0. The number of aliphatic hydroxyl groups is 1. The molecule has 0 fully saturated rings. The first-order valence-electron chi connectivity index (χ1n) is 6.33. The average Bonchev–Trinajstić information content (AvgIpc) is 2.33. The SMILES string of the molecule is CCCc1c(OCCCCl)ccc(C(C)O)c1O. The molecule has 0 aromatic heterocycles. The lowest BCUT2D eigenvalue weighted by molar-refractivity contribution is 0.194. The molecule has 0 amide bonds. The van der Waals surface area contributed by atoms with Crippen LogP contribution in [0, 0.1) is 0 Å². The van der Waals surface area contributed by atoms with Gasteiger partial charge in [-0.15, -0.1) is 11.6 Å². The van der Waals surface area contributed by atoms with Crippen LogP contribution in [0.5, 0.6) is 11.5 Å². The second-order valence-electron chi connectivity index (χ2n) is 4.30. The number of alkyl halides is 1. The number of aromatic hydroxyl groups is 1. The molecule has 0 radical (unpaired) electrons. The van der Waals surface area contributed by atoms with E-state index in [0.29, 0.717) is 23.8 Å². The highest BCUT2D eigenvalue weighted by Gasteiger charge is 2.15. The van der Waals surface area contributed by atoms with Gasteiger partial charge in [-0.2, -0.15) is 0 Å². The summed E-state index contributed by atoms with van der Waals surface area (Å²) in [6.07, 6.45) is 1.72. The molecule has 0 bridgehead atoms. The number of phenolic OH excluding ortho intramolecular Hbond substituents is 1. The second kappa shape index (κ2) is 7.49. The van der Waals surface area contributed by atoms with Gasteiger partial charge >= 0.3 is 0 Å². The molecule has 1 rings (SSSR count). The molecule has 0 spiro atoms. The highest BCUT2D eigenvalue weighted by atomic mass is 35.5. The third kappa shape index (κ3) is 3.79. The summed E-state index contributed by atoms with van der Waals surface area (Å²) < 4.78 is 5.62. The normalized spacial score (nSPS) is 12.4. The summed E-state index contributed by atoms with van der Waals surface area (Å²) in [7, 11) is 0. The number of ether oxygens (including phenoxy) is 1. The minimum atomic E-state index is -0.683. The molecule has 0 aliphatic rings. The van der Waals surface area contributed by atoms with Gasteiger partial charge < -0.3 is 14.9 Å². The molecule has 3 nitrogen and oxygen atoms in total. The number of phenols is 1. The van der Waals surface area contributed by atoms with Crippen molar-refractivity contribution in [3.05, 3.63) is 23.3 Å². The highest BCUT2D eigenvalue weighted by Crippen LogP contribution is 2.35. The van der Waals surface area contributed by atoms with Crippen LogP contribution in [0.25, 0.3) is 0 Å². The van der Waals surface area contributed by atoms with Gasteiger partial charge in [0.2, 0.25) is 0 Å². The first-order chi connectivity index (χ1) is 8.61. The fourth-order valence-electron chi connectivity index (χ4n) is 1.84. The van der Waals surface area contributed by atoms with Gasteiger partial charge in [-0.05, 0) is 31.9 Å². The van der Waals surface area contributed by atoms with Gasteiger partial charge in [-0.1, -0.05) is 13.3 Å². The molecule has 1 atom stereocenters. The summed E-state index contributed by atoms with van der Waals surface area (Å²) in [6, 6.07) is 3.51. The van der Waals surface area contributed by atoms with E-state index in [-0.39, 0.29) is 5.75 Å². The van der Waals surface area contributed by atoms with Gasteiger partial charge in [0.1, 0.15) is 11.5 Å². The number of rotatable bonds is 7. The van der Waals surface area contributed by atoms with E-state index in [1.54, 1.807) is 19.1 Å². The first kappa shape index (κ1) is 15.1. The fraction of sp³-hybridized carbons (Fsp3) is 0.571. The van der Waals surface area contributed by atoms with Crippen LogP contribution in [-0.4, -0.2) is 22.7 Å². The van der Waals surface area contributed by atoms with E-state index < -0.39 is 6.10 Å². The molecule has 0 aliphatic heterocycles. The summed E-state index contributed by atoms with van der Waals surface area (Å²) in [5, 5.41) is 19.7. The smallest absolute Gasteiger partial charge is 0.128 e. The molecule has 1 aromatic rings. The number of hydrogen-bond donors (Lipinski definition) is 2. The van der Waals surface area contributed by atoms with Crippen LogP contribution in [0.2, 0.25) is 0 Å². The molecule has 4 heteroatoms. The molecule has 0 saturated carbocycles. The predicted octanol–water partition coefficient (Wildman–Crippen LogP) is 3.41. The number of aliphatic hydroxyl groups excluding tert-OH is 1. The minimum absolute atomic E-state index is 0.148. The van der Waals surface area contributed by atoms with Gasteiger partial charge in [0.05, 0.1) is 12.7 Å². The second-order valence-corrected chi connectivity index (χ2v) is 4.68. The quantitative estimate of drug-likeness (QED) is 0.591. The Morgan fingerprint density at radius 3 is 2.67 bits per heavy atom. The number of hydrogen-bond acceptors (Lipinski definition) is 3.